The van der Waals surface area contributed by atoms with Gasteiger partial charge in [-0.15, -0.1) is 10.2 Å². The molecule has 1 heterocycles. The largest absolute Gasteiger partial charge is 1.00 e. The van der Waals surface area contributed by atoms with E-state index in [1.165, 1.54) is 19.1 Å². The fourth-order valence-corrected chi connectivity index (χ4v) is 3.95. The van der Waals surface area contributed by atoms with Crippen molar-refractivity contribution in [3.05, 3.63) is 57.5 Å². The van der Waals surface area contributed by atoms with Crippen molar-refractivity contribution in [2.45, 2.75) is 16.7 Å². The van der Waals surface area contributed by atoms with Gasteiger partial charge in [-0.25, -0.2) is 21.5 Å². The van der Waals surface area contributed by atoms with Gasteiger partial charge in [0, 0.05) is 5.02 Å². The molecule has 3 aromatic rings. The molecule has 164 valence electrons. The molecule has 0 aliphatic rings. The first-order valence-corrected chi connectivity index (χ1v) is 11.3. The van der Waals surface area contributed by atoms with Crippen LogP contribution in [-0.4, -0.2) is 40.8 Å². The molecule has 2 N–H and O–H groups in total. The van der Waals surface area contributed by atoms with Gasteiger partial charge in [0.1, 0.15) is 25.9 Å². The molecular formula is C16H11ClN4Na2O8S2. The van der Waals surface area contributed by atoms with Gasteiger partial charge in [-0.3, -0.25) is 9.89 Å². The number of azo groups is 1. The van der Waals surface area contributed by atoms with Crippen LogP contribution < -0.4 is 64.7 Å². The van der Waals surface area contributed by atoms with Crippen molar-refractivity contribution in [1.29, 1.82) is 0 Å². The van der Waals surface area contributed by atoms with E-state index in [1.54, 1.807) is 0 Å². The molecule has 33 heavy (non-hydrogen) atoms. The molecule has 17 heteroatoms. The number of phenols is 1. The zero-order valence-electron chi connectivity index (χ0n) is 17.3. The Morgan fingerprint density at radius 2 is 1.67 bits per heavy atom. The van der Waals surface area contributed by atoms with E-state index in [0.717, 1.165) is 28.9 Å². The maximum atomic E-state index is 12.7. The summed E-state index contributed by atoms with van der Waals surface area (Å²) < 4.78 is 68.2. The average molecular weight is 533 g/mol. The summed E-state index contributed by atoms with van der Waals surface area (Å²) in [4.78, 5) is 11.1. The summed E-state index contributed by atoms with van der Waals surface area (Å²) >= 11 is 5.75. The summed E-state index contributed by atoms with van der Waals surface area (Å²) in [7, 11) is -9.82. The second-order valence-corrected chi connectivity index (χ2v) is 9.27. The van der Waals surface area contributed by atoms with Crippen molar-refractivity contribution >= 4 is 43.2 Å². The van der Waals surface area contributed by atoms with Crippen LogP contribution in [0.4, 0.5) is 11.4 Å². The van der Waals surface area contributed by atoms with E-state index in [4.69, 9.17) is 11.6 Å². The number of nitrogens with zero attached hydrogens (tertiary/aromatic N) is 3. The van der Waals surface area contributed by atoms with Crippen LogP contribution in [0.1, 0.15) is 5.69 Å². The van der Waals surface area contributed by atoms with E-state index in [9.17, 15) is 35.8 Å². The third-order valence-electron chi connectivity index (χ3n) is 3.95. The molecule has 2 aromatic carbocycles. The maximum Gasteiger partial charge on any atom is 1.00 e. The summed E-state index contributed by atoms with van der Waals surface area (Å²) in [6, 6.07) is 6.44. The van der Waals surface area contributed by atoms with Gasteiger partial charge < -0.3 is 14.2 Å². The van der Waals surface area contributed by atoms with E-state index in [2.05, 4.69) is 15.3 Å². The van der Waals surface area contributed by atoms with E-state index < -0.39 is 47.0 Å². The number of H-pyrrole nitrogens is 1. The first-order valence-electron chi connectivity index (χ1n) is 8.07. The molecule has 3 rings (SSSR count). The van der Waals surface area contributed by atoms with E-state index in [0.29, 0.717) is 0 Å². The van der Waals surface area contributed by atoms with Gasteiger partial charge in [-0.2, -0.15) is 0 Å². The molecule has 0 amide bonds. The second-order valence-electron chi connectivity index (χ2n) is 6.10. The van der Waals surface area contributed by atoms with Crippen LogP contribution in [0.5, 0.6) is 5.75 Å². The SMILES string of the molecule is Cc1[nH]n(-c2cccc(S(=O)(=O)[O-])c2)c(=O)c1N=Nc1cc(Cl)cc(S(=O)(=O)[O-])c1O.[Na+].[Na+]. The zero-order valence-corrected chi connectivity index (χ0v) is 23.7. The molecule has 0 saturated carbocycles. The first kappa shape index (κ1) is 30.0. The van der Waals surface area contributed by atoms with Gasteiger partial charge in [0.25, 0.3) is 5.56 Å². The minimum absolute atomic E-state index is 0. The predicted octanol–water partition coefficient (Wildman–Crippen LogP) is -3.94. The van der Waals surface area contributed by atoms with Crippen LogP contribution in [0.25, 0.3) is 5.69 Å². The van der Waals surface area contributed by atoms with Crippen molar-refractivity contribution in [3.8, 4) is 11.4 Å². The molecule has 0 aliphatic heterocycles. The molecule has 0 aliphatic carbocycles. The average Bonchev–Trinajstić information content (AvgIpc) is 2.94. The normalized spacial score (nSPS) is 11.8. The molecule has 0 spiro atoms. The number of phenolic OH excluding ortho intramolecular Hbond substituents is 1. The third kappa shape index (κ3) is 6.76. The number of aryl methyl sites for hydroxylation is 1. The monoisotopic (exact) mass is 532 g/mol. The topological polar surface area (TPSA) is 197 Å². The number of rotatable bonds is 5. The smallest absolute Gasteiger partial charge is 0.744 e. The van der Waals surface area contributed by atoms with Crippen molar-refractivity contribution in [3.63, 3.8) is 0 Å². The Morgan fingerprint density at radius 1 is 1.03 bits per heavy atom. The molecule has 0 saturated heterocycles. The van der Waals surface area contributed by atoms with E-state index in [1.807, 2.05) is 0 Å². The Balaban J connectivity index is 0.00000272. The van der Waals surface area contributed by atoms with Gasteiger partial charge in [-0.05, 0) is 37.3 Å². The van der Waals surface area contributed by atoms with Crippen LogP contribution in [0.3, 0.4) is 0 Å². The third-order valence-corrected chi connectivity index (χ3v) is 5.85. The van der Waals surface area contributed by atoms with Crippen LogP contribution in [-0.2, 0) is 20.2 Å². The number of hydrogen-bond acceptors (Lipinski definition) is 10. The number of nitrogens with one attached hydrogen (secondary N) is 1. The summed E-state index contributed by atoms with van der Waals surface area (Å²) in [6.07, 6.45) is 0. The van der Waals surface area contributed by atoms with Gasteiger partial charge >= 0.3 is 59.1 Å². The Labute approximate surface area is 236 Å². The van der Waals surface area contributed by atoms with Crippen LogP contribution >= 0.6 is 11.6 Å². The molecule has 0 unspecified atom stereocenters. The Kier molecular flexibility index (Phi) is 10.1. The zero-order chi connectivity index (χ0) is 23.1. The van der Waals surface area contributed by atoms with Crippen molar-refractivity contribution in [2.75, 3.05) is 0 Å². The predicted molar refractivity (Wildman–Crippen MR) is 104 cm³/mol. The minimum atomic E-state index is -5.06. The molecule has 0 fully saturated rings. The quantitative estimate of drug-likeness (QED) is 0.188. The van der Waals surface area contributed by atoms with Crippen LogP contribution in [0, 0.1) is 6.92 Å². The van der Waals surface area contributed by atoms with Crippen LogP contribution in [0.2, 0.25) is 5.02 Å². The summed E-state index contributed by atoms with van der Waals surface area (Å²) in [5.74, 6) is -0.995. The number of aromatic hydroxyl groups is 1. The van der Waals surface area contributed by atoms with Crippen molar-refractivity contribution in [1.82, 2.24) is 9.78 Å². The van der Waals surface area contributed by atoms with Gasteiger partial charge in [-0.1, -0.05) is 17.7 Å². The molecular weight excluding hydrogens is 522 g/mol. The number of benzene rings is 2. The molecule has 0 radical (unpaired) electrons. The Bertz CT molecular complexity index is 1500. The van der Waals surface area contributed by atoms with Crippen LogP contribution in [0.15, 0.2) is 61.2 Å². The molecule has 0 bridgehead atoms. The molecule has 12 nitrogen and oxygen atoms in total. The van der Waals surface area contributed by atoms with E-state index >= 15 is 0 Å². The molecule has 1 aromatic heterocycles. The number of aromatic nitrogens is 2. The first-order chi connectivity index (χ1) is 14.3. The fourth-order valence-electron chi connectivity index (χ4n) is 2.55. The number of halogens is 1. The van der Waals surface area contributed by atoms with Crippen molar-refractivity contribution < 1.29 is 90.2 Å². The maximum absolute atomic E-state index is 12.7. The standard InChI is InChI=1S/C16H13ClN4O8S2.2Na/c1-8-14(19-18-12-5-9(17)6-13(15(12)22)31(27,28)29)16(23)21(20-8)10-3-2-4-11(7-10)30(24,25)26;;/h2-7,20,22H,1H3,(H,24,25,26)(H,27,28,29);;/q;2*+1/p-2. The van der Waals surface area contributed by atoms with E-state index in [-0.39, 0.29) is 81.2 Å². The minimum Gasteiger partial charge on any atom is -0.744 e. The van der Waals surface area contributed by atoms with Gasteiger partial charge in [0.2, 0.25) is 0 Å². The number of aromatic amines is 1. The Morgan fingerprint density at radius 3 is 2.24 bits per heavy atom. The second kappa shape index (κ2) is 11.1. The Hall–Kier alpha value is -1.04. The van der Waals surface area contributed by atoms with Crippen molar-refractivity contribution in [2.24, 2.45) is 10.2 Å². The number of hydrogen-bond donors (Lipinski definition) is 2. The van der Waals surface area contributed by atoms with Gasteiger partial charge in [0.05, 0.1) is 21.2 Å². The summed E-state index contributed by atoms with van der Waals surface area (Å²) in [5, 5.41) is 19.7. The van der Waals surface area contributed by atoms with Gasteiger partial charge in [0.15, 0.2) is 11.4 Å². The summed E-state index contributed by atoms with van der Waals surface area (Å²) in [5.41, 5.74) is -1.35. The summed E-state index contributed by atoms with van der Waals surface area (Å²) in [6.45, 7) is 1.44. The molecule has 0 atom stereocenters. The fraction of sp³-hybridized carbons (Fsp3) is 0.0625.